The first-order valence-corrected chi connectivity index (χ1v) is 8.81. The molecule has 2 heterocycles. The van der Waals surface area contributed by atoms with Crippen molar-refractivity contribution in [1.82, 2.24) is 20.3 Å². The van der Waals surface area contributed by atoms with Crippen LogP contribution in [0.1, 0.15) is 17.4 Å². The van der Waals surface area contributed by atoms with Crippen molar-refractivity contribution in [3.8, 4) is 11.3 Å². The Hall–Kier alpha value is -2.26. The maximum atomic E-state index is 12.5. The molecule has 24 heavy (non-hydrogen) atoms. The van der Waals surface area contributed by atoms with Crippen LogP contribution in [0.15, 0.2) is 50.8 Å². The van der Waals surface area contributed by atoms with Crippen molar-refractivity contribution in [2.75, 3.05) is 11.1 Å². The summed E-state index contributed by atoms with van der Waals surface area (Å²) in [6.45, 7) is 1.99. The largest absolute Gasteiger partial charge is 0.300 e. The molecule has 3 aromatic rings. The SMILES string of the molecule is CCSc1ncc(Br)c(C(=O)Nc2nonc2-c2ccccc2)n1. The summed E-state index contributed by atoms with van der Waals surface area (Å²) in [5.41, 5.74) is 1.47. The van der Waals surface area contributed by atoms with E-state index in [1.54, 1.807) is 6.20 Å². The van der Waals surface area contributed by atoms with E-state index in [-0.39, 0.29) is 11.5 Å². The molecule has 122 valence electrons. The van der Waals surface area contributed by atoms with Gasteiger partial charge in [-0.25, -0.2) is 14.6 Å². The van der Waals surface area contributed by atoms with E-state index in [0.717, 1.165) is 11.3 Å². The molecule has 0 aliphatic heterocycles. The van der Waals surface area contributed by atoms with Crippen molar-refractivity contribution < 1.29 is 9.42 Å². The van der Waals surface area contributed by atoms with E-state index >= 15 is 0 Å². The molecule has 2 aromatic heterocycles. The smallest absolute Gasteiger partial charge is 0.276 e. The molecule has 0 saturated heterocycles. The van der Waals surface area contributed by atoms with Gasteiger partial charge in [0.05, 0.1) is 4.47 Å². The number of nitrogens with zero attached hydrogens (tertiary/aromatic N) is 4. The van der Waals surface area contributed by atoms with Gasteiger partial charge in [-0.15, -0.1) is 0 Å². The molecule has 0 aliphatic rings. The molecule has 1 N–H and O–H groups in total. The fourth-order valence-electron chi connectivity index (χ4n) is 1.93. The van der Waals surface area contributed by atoms with E-state index in [0.29, 0.717) is 15.3 Å². The van der Waals surface area contributed by atoms with Gasteiger partial charge < -0.3 is 5.32 Å². The van der Waals surface area contributed by atoms with Crippen LogP contribution in [0.4, 0.5) is 5.82 Å². The quantitative estimate of drug-likeness (QED) is 0.511. The van der Waals surface area contributed by atoms with Crippen LogP contribution in [0.5, 0.6) is 0 Å². The molecule has 3 rings (SSSR count). The monoisotopic (exact) mass is 405 g/mol. The van der Waals surface area contributed by atoms with Crippen molar-refractivity contribution in [1.29, 1.82) is 0 Å². The Morgan fingerprint density at radius 2 is 2.08 bits per heavy atom. The Balaban J connectivity index is 1.86. The lowest BCUT2D eigenvalue weighted by Gasteiger charge is -2.06. The second kappa shape index (κ2) is 7.54. The highest BCUT2D eigenvalue weighted by molar-refractivity contribution is 9.10. The van der Waals surface area contributed by atoms with Gasteiger partial charge in [0.25, 0.3) is 5.91 Å². The van der Waals surface area contributed by atoms with Crippen LogP contribution < -0.4 is 5.32 Å². The molecular formula is C15H12BrN5O2S. The highest BCUT2D eigenvalue weighted by Gasteiger charge is 2.19. The van der Waals surface area contributed by atoms with Gasteiger partial charge in [0.1, 0.15) is 5.69 Å². The van der Waals surface area contributed by atoms with Crippen molar-refractivity contribution in [3.05, 3.63) is 46.7 Å². The van der Waals surface area contributed by atoms with Gasteiger partial charge in [-0.05, 0) is 32.0 Å². The van der Waals surface area contributed by atoms with Crippen molar-refractivity contribution in [3.63, 3.8) is 0 Å². The Bertz CT molecular complexity index is 856. The molecule has 0 fully saturated rings. The second-order valence-electron chi connectivity index (χ2n) is 4.56. The summed E-state index contributed by atoms with van der Waals surface area (Å²) in [6, 6.07) is 9.33. The molecule has 0 unspecified atom stereocenters. The van der Waals surface area contributed by atoms with E-state index in [1.165, 1.54) is 11.8 Å². The highest BCUT2D eigenvalue weighted by atomic mass is 79.9. The van der Waals surface area contributed by atoms with Gasteiger partial charge >= 0.3 is 0 Å². The number of hydrogen-bond acceptors (Lipinski definition) is 7. The zero-order chi connectivity index (χ0) is 16.9. The molecule has 0 atom stereocenters. The Morgan fingerprint density at radius 1 is 1.29 bits per heavy atom. The first-order valence-electron chi connectivity index (χ1n) is 7.03. The molecule has 0 bridgehead atoms. The van der Waals surface area contributed by atoms with Crippen LogP contribution in [0.2, 0.25) is 0 Å². The summed E-state index contributed by atoms with van der Waals surface area (Å²) < 4.78 is 5.26. The molecule has 0 radical (unpaired) electrons. The van der Waals surface area contributed by atoms with Crippen molar-refractivity contribution in [2.45, 2.75) is 12.1 Å². The van der Waals surface area contributed by atoms with Gasteiger partial charge in [0.15, 0.2) is 10.9 Å². The second-order valence-corrected chi connectivity index (χ2v) is 6.65. The topological polar surface area (TPSA) is 93.8 Å². The Labute approximate surface area is 150 Å². The lowest BCUT2D eigenvalue weighted by molar-refractivity contribution is 0.101. The number of benzene rings is 1. The molecule has 1 amide bonds. The summed E-state index contributed by atoms with van der Waals surface area (Å²) in [6.07, 6.45) is 1.55. The van der Waals surface area contributed by atoms with Crippen molar-refractivity contribution >= 4 is 39.4 Å². The van der Waals surface area contributed by atoms with E-state index in [4.69, 9.17) is 4.63 Å². The summed E-state index contributed by atoms with van der Waals surface area (Å²) in [5, 5.41) is 10.8. The summed E-state index contributed by atoms with van der Waals surface area (Å²) in [7, 11) is 0. The van der Waals surface area contributed by atoms with Crippen LogP contribution in [0, 0.1) is 0 Å². The minimum absolute atomic E-state index is 0.225. The van der Waals surface area contributed by atoms with Crippen LogP contribution in [-0.2, 0) is 0 Å². The highest BCUT2D eigenvalue weighted by Crippen LogP contribution is 2.25. The third-order valence-corrected chi connectivity index (χ3v) is 4.30. The summed E-state index contributed by atoms with van der Waals surface area (Å²) in [5.74, 6) is 0.630. The molecule has 0 aliphatic carbocycles. The number of carbonyl (C=O) groups is 1. The minimum atomic E-state index is -0.421. The van der Waals surface area contributed by atoms with E-state index in [1.807, 2.05) is 37.3 Å². The number of carbonyl (C=O) groups excluding carboxylic acids is 1. The summed E-state index contributed by atoms with van der Waals surface area (Å²) in [4.78, 5) is 20.9. The number of thioether (sulfide) groups is 1. The third-order valence-electron chi connectivity index (χ3n) is 2.98. The minimum Gasteiger partial charge on any atom is -0.300 e. The molecular weight excluding hydrogens is 394 g/mol. The average molecular weight is 406 g/mol. The normalized spacial score (nSPS) is 10.6. The maximum absolute atomic E-state index is 12.5. The molecule has 1 aromatic carbocycles. The van der Waals surface area contributed by atoms with E-state index in [9.17, 15) is 4.79 Å². The predicted molar refractivity (Wildman–Crippen MR) is 93.8 cm³/mol. The van der Waals surface area contributed by atoms with Gasteiger partial charge in [-0.3, -0.25) is 4.79 Å². The first kappa shape index (κ1) is 16.6. The van der Waals surface area contributed by atoms with E-state index < -0.39 is 5.91 Å². The predicted octanol–water partition coefficient (Wildman–Crippen LogP) is 3.65. The number of aromatic nitrogens is 4. The van der Waals surface area contributed by atoms with Gasteiger partial charge in [-0.2, -0.15) is 0 Å². The van der Waals surface area contributed by atoms with Gasteiger partial charge in [0, 0.05) is 11.8 Å². The number of amides is 1. The number of rotatable bonds is 5. The van der Waals surface area contributed by atoms with Gasteiger partial charge in [-0.1, -0.05) is 49.0 Å². The lowest BCUT2D eigenvalue weighted by Crippen LogP contribution is -2.16. The Kier molecular flexibility index (Phi) is 5.21. The fraction of sp³-hybridized carbons (Fsp3) is 0.133. The van der Waals surface area contributed by atoms with E-state index in [2.05, 4.69) is 41.5 Å². The standard InChI is InChI=1S/C15H12BrN5O2S/c1-2-24-15-17-8-10(16)12(18-15)14(22)19-13-11(20-23-21-13)9-6-4-3-5-7-9/h3-8H,2H2,1H3,(H,19,21,22). The van der Waals surface area contributed by atoms with Crippen LogP contribution in [0.25, 0.3) is 11.3 Å². The number of anilines is 1. The third kappa shape index (κ3) is 3.62. The molecule has 9 heteroatoms. The molecule has 0 saturated carbocycles. The average Bonchev–Trinajstić information content (AvgIpc) is 3.05. The Morgan fingerprint density at radius 3 is 2.83 bits per heavy atom. The number of hydrogen-bond donors (Lipinski definition) is 1. The van der Waals surface area contributed by atoms with Crippen LogP contribution in [-0.4, -0.2) is 31.9 Å². The zero-order valence-corrected chi connectivity index (χ0v) is 15.0. The number of halogens is 1. The zero-order valence-electron chi connectivity index (χ0n) is 12.6. The summed E-state index contributed by atoms with van der Waals surface area (Å²) >= 11 is 4.75. The number of nitrogens with one attached hydrogen (secondary N) is 1. The molecule has 7 nitrogen and oxygen atoms in total. The van der Waals surface area contributed by atoms with Crippen molar-refractivity contribution in [2.24, 2.45) is 0 Å². The van der Waals surface area contributed by atoms with Crippen LogP contribution >= 0.6 is 27.7 Å². The fourth-order valence-corrected chi connectivity index (χ4v) is 2.84. The lowest BCUT2D eigenvalue weighted by atomic mass is 10.1. The van der Waals surface area contributed by atoms with Crippen LogP contribution in [0.3, 0.4) is 0 Å². The van der Waals surface area contributed by atoms with Gasteiger partial charge in [0.2, 0.25) is 5.82 Å². The first-order chi connectivity index (χ1) is 11.7. The molecule has 0 spiro atoms. The maximum Gasteiger partial charge on any atom is 0.276 e.